The van der Waals surface area contributed by atoms with Crippen LogP contribution in [0, 0.1) is 5.92 Å². The van der Waals surface area contributed by atoms with E-state index in [0.29, 0.717) is 17.2 Å². The number of thiazole rings is 1. The topological polar surface area (TPSA) is 59.4 Å². The highest BCUT2D eigenvalue weighted by molar-refractivity contribution is 7.15. The van der Waals surface area contributed by atoms with Crippen LogP contribution in [-0.2, 0) is 11.2 Å². The van der Waals surface area contributed by atoms with E-state index in [0.717, 1.165) is 15.4 Å². The molecule has 0 aliphatic rings. The molecule has 106 valence electrons. The predicted molar refractivity (Wildman–Crippen MR) is 79.6 cm³/mol. The monoisotopic (exact) mass is 311 g/mol. The Bertz CT molecular complexity index is 627. The fraction of sp³-hybridized carbons (Fsp3) is 0.286. The molecule has 0 bridgehead atoms. The normalized spacial score (nSPS) is 12.2. The van der Waals surface area contributed by atoms with Gasteiger partial charge in [-0.3, -0.25) is 4.79 Å². The lowest BCUT2D eigenvalue weighted by atomic mass is 10.1. The zero-order valence-electron chi connectivity index (χ0n) is 11.1. The summed E-state index contributed by atoms with van der Waals surface area (Å²) < 4.78 is 5.10. The SMILES string of the molecule is COc1ccc(-c2ncc(CC(C)C(=O)O)s2)c(Cl)c1. The number of ether oxygens (including phenoxy) is 1. The van der Waals surface area contributed by atoms with E-state index < -0.39 is 11.9 Å². The number of halogens is 1. The van der Waals surface area contributed by atoms with Crippen LogP contribution in [0.25, 0.3) is 10.6 Å². The molecule has 1 aromatic carbocycles. The van der Waals surface area contributed by atoms with Crippen molar-refractivity contribution >= 4 is 28.9 Å². The Morgan fingerprint density at radius 2 is 2.30 bits per heavy atom. The van der Waals surface area contributed by atoms with Crippen molar-refractivity contribution in [1.82, 2.24) is 4.98 Å². The van der Waals surface area contributed by atoms with Gasteiger partial charge >= 0.3 is 5.97 Å². The van der Waals surface area contributed by atoms with E-state index in [-0.39, 0.29) is 0 Å². The molecule has 0 saturated heterocycles. The number of benzene rings is 1. The van der Waals surface area contributed by atoms with Gasteiger partial charge in [-0.25, -0.2) is 4.98 Å². The summed E-state index contributed by atoms with van der Waals surface area (Å²) in [6.45, 7) is 1.68. The van der Waals surface area contributed by atoms with Gasteiger partial charge in [-0.2, -0.15) is 0 Å². The van der Waals surface area contributed by atoms with Gasteiger partial charge < -0.3 is 9.84 Å². The van der Waals surface area contributed by atoms with Crippen molar-refractivity contribution in [2.75, 3.05) is 7.11 Å². The molecule has 1 heterocycles. The third kappa shape index (κ3) is 3.29. The molecular weight excluding hydrogens is 298 g/mol. The lowest BCUT2D eigenvalue weighted by Crippen LogP contribution is -2.11. The predicted octanol–water partition coefficient (Wildman–Crippen LogP) is 3.74. The molecule has 0 amide bonds. The molecular formula is C14H14ClNO3S. The molecule has 6 heteroatoms. The van der Waals surface area contributed by atoms with E-state index in [2.05, 4.69) is 4.98 Å². The van der Waals surface area contributed by atoms with Crippen molar-refractivity contribution in [2.45, 2.75) is 13.3 Å². The Labute approximate surface area is 126 Å². The second kappa shape index (κ2) is 6.24. The smallest absolute Gasteiger partial charge is 0.306 e. The van der Waals surface area contributed by atoms with Crippen LogP contribution in [0.3, 0.4) is 0 Å². The van der Waals surface area contributed by atoms with Crippen molar-refractivity contribution in [3.63, 3.8) is 0 Å². The van der Waals surface area contributed by atoms with Crippen molar-refractivity contribution in [2.24, 2.45) is 5.92 Å². The quantitative estimate of drug-likeness (QED) is 0.914. The number of hydrogen-bond acceptors (Lipinski definition) is 4. The Hall–Kier alpha value is -1.59. The average molecular weight is 312 g/mol. The summed E-state index contributed by atoms with van der Waals surface area (Å²) in [6.07, 6.45) is 2.18. The van der Waals surface area contributed by atoms with E-state index in [4.69, 9.17) is 21.4 Å². The Morgan fingerprint density at radius 1 is 1.55 bits per heavy atom. The van der Waals surface area contributed by atoms with Crippen LogP contribution in [0.5, 0.6) is 5.75 Å². The largest absolute Gasteiger partial charge is 0.497 e. The molecule has 0 fully saturated rings. The number of hydrogen-bond donors (Lipinski definition) is 1. The van der Waals surface area contributed by atoms with Crippen LogP contribution in [0.2, 0.25) is 5.02 Å². The van der Waals surface area contributed by atoms with Gasteiger partial charge in [0, 0.05) is 16.6 Å². The molecule has 1 atom stereocenters. The number of methoxy groups -OCH3 is 1. The van der Waals surface area contributed by atoms with E-state index in [1.807, 2.05) is 12.1 Å². The van der Waals surface area contributed by atoms with E-state index >= 15 is 0 Å². The maximum atomic E-state index is 10.9. The van der Waals surface area contributed by atoms with Crippen LogP contribution < -0.4 is 4.74 Å². The summed E-state index contributed by atoms with van der Waals surface area (Å²) in [4.78, 5) is 16.1. The van der Waals surface area contributed by atoms with Gasteiger partial charge in [0.25, 0.3) is 0 Å². The summed E-state index contributed by atoms with van der Waals surface area (Å²) in [5.74, 6) is -0.535. The maximum Gasteiger partial charge on any atom is 0.306 e. The third-order valence-electron chi connectivity index (χ3n) is 2.89. The zero-order chi connectivity index (χ0) is 14.7. The van der Waals surface area contributed by atoms with Crippen molar-refractivity contribution in [1.29, 1.82) is 0 Å². The van der Waals surface area contributed by atoms with Crippen molar-refractivity contribution in [3.05, 3.63) is 34.3 Å². The van der Waals surface area contributed by atoms with E-state index in [1.54, 1.807) is 26.3 Å². The molecule has 2 aromatic rings. The number of carboxylic acids is 1. The highest BCUT2D eigenvalue weighted by atomic mass is 35.5. The fourth-order valence-corrected chi connectivity index (χ4v) is 3.11. The van der Waals surface area contributed by atoms with E-state index in [1.165, 1.54) is 11.3 Å². The summed E-state index contributed by atoms with van der Waals surface area (Å²) in [6, 6.07) is 5.41. The molecule has 1 N–H and O–H groups in total. The molecule has 0 spiro atoms. The molecule has 4 nitrogen and oxygen atoms in total. The van der Waals surface area contributed by atoms with Gasteiger partial charge in [0.05, 0.1) is 18.1 Å². The standard InChI is InChI=1S/C14H14ClNO3S/c1-8(14(17)18)5-10-7-16-13(20-10)11-4-3-9(19-2)6-12(11)15/h3-4,6-8H,5H2,1-2H3,(H,17,18). The summed E-state index contributed by atoms with van der Waals surface area (Å²) >= 11 is 7.66. The molecule has 0 aliphatic carbocycles. The van der Waals surface area contributed by atoms with E-state index in [9.17, 15) is 4.79 Å². The summed E-state index contributed by atoms with van der Waals surface area (Å²) in [7, 11) is 1.58. The first-order valence-electron chi connectivity index (χ1n) is 6.02. The number of rotatable bonds is 5. The third-order valence-corrected chi connectivity index (χ3v) is 4.25. The molecule has 0 saturated carbocycles. The summed E-state index contributed by atoms with van der Waals surface area (Å²) in [5.41, 5.74) is 0.826. The lowest BCUT2D eigenvalue weighted by Gasteiger charge is -2.04. The fourth-order valence-electron chi connectivity index (χ4n) is 1.71. The minimum absolute atomic E-state index is 0.422. The number of nitrogens with zero attached hydrogens (tertiary/aromatic N) is 1. The minimum Gasteiger partial charge on any atom is -0.497 e. The second-order valence-electron chi connectivity index (χ2n) is 4.42. The molecule has 2 rings (SSSR count). The maximum absolute atomic E-state index is 10.9. The van der Waals surface area contributed by atoms with Crippen LogP contribution in [0.15, 0.2) is 24.4 Å². The second-order valence-corrected chi connectivity index (χ2v) is 5.94. The van der Waals surface area contributed by atoms with Crippen molar-refractivity contribution < 1.29 is 14.6 Å². The van der Waals surface area contributed by atoms with Gasteiger partial charge in [0.2, 0.25) is 0 Å². The van der Waals surface area contributed by atoms with Gasteiger partial charge in [0.1, 0.15) is 10.8 Å². The van der Waals surface area contributed by atoms with Crippen LogP contribution >= 0.6 is 22.9 Å². The zero-order valence-corrected chi connectivity index (χ0v) is 12.7. The van der Waals surface area contributed by atoms with Gasteiger partial charge in [0.15, 0.2) is 0 Å². The van der Waals surface area contributed by atoms with Gasteiger partial charge in [-0.1, -0.05) is 18.5 Å². The summed E-state index contributed by atoms with van der Waals surface area (Å²) in [5, 5.41) is 10.3. The molecule has 0 aliphatic heterocycles. The van der Waals surface area contributed by atoms with Gasteiger partial charge in [-0.15, -0.1) is 11.3 Å². The highest BCUT2D eigenvalue weighted by Gasteiger charge is 2.15. The highest BCUT2D eigenvalue weighted by Crippen LogP contribution is 2.34. The average Bonchev–Trinajstić information content (AvgIpc) is 2.86. The first-order chi connectivity index (χ1) is 9.51. The first-order valence-corrected chi connectivity index (χ1v) is 7.22. The molecule has 20 heavy (non-hydrogen) atoms. The molecule has 0 radical (unpaired) electrons. The Balaban J connectivity index is 2.22. The Morgan fingerprint density at radius 3 is 2.90 bits per heavy atom. The van der Waals surface area contributed by atoms with Crippen LogP contribution in [-0.4, -0.2) is 23.2 Å². The van der Waals surface area contributed by atoms with Crippen LogP contribution in [0.1, 0.15) is 11.8 Å². The minimum atomic E-state index is -0.803. The van der Waals surface area contributed by atoms with Crippen molar-refractivity contribution in [3.8, 4) is 16.3 Å². The Kier molecular flexibility index (Phi) is 4.62. The number of carboxylic acid groups (broad SMARTS) is 1. The first kappa shape index (κ1) is 14.8. The molecule has 1 unspecified atom stereocenters. The van der Waals surface area contributed by atoms with Crippen LogP contribution in [0.4, 0.5) is 0 Å². The lowest BCUT2D eigenvalue weighted by molar-refractivity contribution is -0.141. The number of carbonyl (C=O) groups is 1. The van der Waals surface area contributed by atoms with Gasteiger partial charge in [-0.05, 0) is 24.6 Å². The number of aromatic nitrogens is 1. The molecule has 1 aromatic heterocycles. The number of aliphatic carboxylic acids is 1.